The van der Waals surface area contributed by atoms with E-state index in [4.69, 9.17) is 16.3 Å². The molecule has 0 aliphatic rings. The highest BCUT2D eigenvalue weighted by Crippen LogP contribution is 2.24. The zero-order chi connectivity index (χ0) is 14.5. The van der Waals surface area contributed by atoms with Crippen molar-refractivity contribution >= 4 is 28.6 Å². The Morgan fingerprint density at radius 1 is 1.50 bits per heavy atom. The quantitative estimate of drug-likeness (QED) is 0.520. The van der Waals surface area contributed by atoms with Crippen LogP contribution >= 0.6 is 11.8 Å². The van der Waals surface area contributed by atoms with Crippen LogP contribution in [0.5, 0.6) is 5.75 Å². The van der Waals surface area contributed by atoms with Crippen LogP contribution in [0.2, 0.25) is 0 Å². The average Bonchev–Trinajstić information content (AvgIpc) is 2.42. The second-order valence-electron chi connectivity index (χ2n) is 4.18. The molecule has 1 aromatic carbocycles. The molecule has 0 saturated heterocycles. The summed E-state index contributed by atoms with van der Waals surface area (Å²) in [5.41, 5.74) is 2.59. The van der Waals surface area contributed by atoms with E-state index in [-0.39, 0.29) is 5.75 Å². The van der Waals surface area contributed by atoms with Crippen molar-refractivity contribution in [1.82, 2.24) is 4.98 Å². The monoisotopic (exact) mass is 287 g/mol. The van der Waals surface area contributed by atoms with Crippen molar-refractivity contribution in [2.24, 2.45) is 0 Å². The Hall–Kier alpha value is -2.19. The van der Waals surface area contributed by atoms with Gasteiger partial charge in [0.05, 0.1) is 11.3 Å². The molecule has 1 heterocycles. The van der Waals surface area contributed by atoms with Crippen molar-refractivity contribution in [2.45, 2.75) is 6.92 Å². The van der Waals surface area contributed by atoms with E-state index in [1.165, 1.54) is 11.8 Å². The van der Waals surface area contributed by atoms with Crippen molar-refractivity contribution < 1.29 is 14.6 Å². The van der Waals surface area contributed by atoms with Crippen LogP contribution in [-0.4, -0.2) is 27.8 Å². The van der Waals surface area contributed by atoms with Crippen LogP contribution in [0.25, 0.3) is 10.9 Å². The normalized spacial score (nSPS) is 10.2. The number of pyridine rings is 1. The average molecular weight is 287 g/mol. The second kappa shape index (κ2) is 6.31. The molecule has 2 aromatic rings. The maximum Gasteiger partial charge on any atom is 0.313 e. The highest BCUT2D eigenvalue weighted by Gasteiger charge is 2.05. The van der Waals surface area contributed by atoms with Gasteiger partial charge in [0.15, 0.2) is 0 Å². The van der Waals surface area contributed by atoms with Crippen molar-refractivity contribution in [3.8, 4) is 18.1 Å². The summed E-state index contributed by atoms with van der Waals surface area (Å²) < 4.78 is 5.54. The fourth-order valence-corrected chi connectivity index (χ4v) is 2.28. The van der Waals surface area contributed by atoms with Gasteiger partial charge in [0.25, 0.3) is 0 Å². The third kappa shape index (κ3) is 3.43. The van der Waals surface area contributed by atoms with E-state index in [1.54, 1.807) is 6.20 Å². The number of aromatic nitrogens is 1. The summed E-state index contributed by atoms with van der Waals surface area (Å²) in [5.74, 6) is 2.70. The molecule has 0 spiro atoms. The number of ether oxygens (including phenoxy) is 1. The van der Waals surface area contributed by atoms with Gasteiger partial charge in [-0.25, -0.2) is 0 Å². The van der Waals surface area contributed by atoms with Crippen molar-refractivity contribution in [3.05, 3.63) is 35.5 Å². The first-order chi connectivity index (χ1) is 9.60. The molecular formula is C15H13NO3S. The highest BCUT2D eigenvalue weighted by atomic mass is 32.2. The Morgan fingerprint density at radius 3 is 3.00 bits per heavy atom. The molecular weight excluding hydrogens is 274 g/mol. The molecule has 102 valence electrons. The van der Waals surface area contributed by atoms with E-state index in [0.29, 0.717) is 17.3 Å². The second-order valence-corrected chi connectivity index (χ2v) is 5.12. The molecule has 1 aromatic heterocycles. The van der Waals surface area contributed by atoms with Crippen molar-refractivity contribution in [2.75, 3.05) is 11.7 Å². The van der Waals surface area contributed by atoms with E-state index in [0.717, 1.165) is 16.5 Å². The Balaban J connectivity index is 2.18. The fraction of sp³-hybridized carbons (Fsp3) is 0.200. The van der Waals surface area contributed by atoms with Gasteiger partial charge in [-0.2, -0.15) is 0 Å². The number of rotatable bonds is 5. The molecule has 4 nitrogen and oxygen atoms in total. The van der Waals surface area contributed by atoms with Crippen molar-refractivity contribution in [1.29, 1.82) is 0 Å². The third-order valence-electron chi connectivity index (χ3n) is 2.65. The first kappa shape index (κ1) is 14.2. The number of nitrogens with zero attached hydrogens (tertiary/aromatic N) is 1. The molecule has 0 saturated carbocycles. The van der Waals surface area contributed by atoms with Crippen LogP contribution in [0.3, 0.4) is 0 Å². The van der Waals surface area contributed by atoms with E-state index in [2.05, 4.69) is 10.9 Å². The van der Waals surface area contributed by atoms with Crippen LogP contribution in [0.4, 0.5) is 0 Å². The number of terminal acetylenes is 1. The Kier molecular flexibility index (Phi) is 4.49. The van der Waals surface area contributed by atoms with E-state index < -0.39 is 5.97 Å². The Labute approximate surface area is 121 Å². The molecule has 20 heavy (non-hydrogen) atoms. The van der Waals surface area contributed by atoms with E-state index in [9.17, 15) is 4.79 Å². The van der Waals surface area contributed by atoms with E-state index in [1.807, 2.05) is 25.1 Å². The predicted octanol–water partition coefficient (Wildman–Crippen LogP) is 2.68. The van der Waals surface area contributed by atoms with Crippen LogP contribution in [0, 0.1) is 19.3 Å². The number of hydrogen-bond donors (Lipinski definition) is 1. The summed E-state index contributed by atoms with van der Waals surface area (Å²) in [4.78, 5) is 14.7. The van der Waals surface area contributed by atoms with Gasteiger partial charge in [-0.3, -0.25) is 9.78 Å². The topological polar surface area (TPSA) is 59.4 Å². The van der Waals surface area contributed by atoms with Gasteiger partial charge in [0.1, 0.15) is 11.7 Å². The smallest absolute Gasteiger partial charge is 0.313 e. The predicted molar refractivity (Wildman–Crippen MR) is 80.0 cm³/mol. The lowest BCUT2D eigenvalue weighted by atomic mass is 10.1. The number of hydrogen-bond acceptors (Lipinski definition) is 4. The maximum atomic E-state index is 10.4. The minimum absolute atomic E-state index is 0.0232. The van der Waals surface area contributed by atoms with Gasteiger partial charge in [0, 0.05) is 17.1 Å². The van der Waals surface area contributed by atoms with Gasteiger partial charge in [-0.1, -0.05) is 5.92 Å². The summed E-state index contributed by atoms with van der Waals surface area (Å²) in [6.45, 7) is 1.95. The van der Waals surface area contributed by atoms with Gasteiger partial charge in [-0.15, -0.1) is 18.2 Å². The standard InChI is InChI=1S/C15H13NO3S/c1-3-11-5-12-6-13(19-9-20-8-14(17)18)4-10(2)15(12)16-7-11/h1,4-7H,8-9H2,2H3,(H,17,18). The fourth-order valence-electron chi connectivity index (χ4n) is 1.80. The number of carbonyl (C=O) groups is 1. The summed E-state index contributed by atoms with van der Waals surface area (Å²) in [6.07, 6.45) is 7.03. The molecule has 0 atom stereocenters. The minimum Gasteiger partial charge on any atom is -0.483 e. The number of aryl methyl sites for hydroxylation is 1. The molecule has 0 bridgehead atoms. The van der Waals surface area contributed by atoms with Crippen LogP contribution in [0.1, 0.15) is 11.1 Å². The molecule has 5 heteroatoms. The number of benzene rings is 1. The minimum atomic E-state index is -0.851. The number of carboxylic acid groups (broad SMARTS) is 1. The molecule has 0 fully saturated rings. The van der Waals surface area contributed by atoms with Gasteiger partial charge in [-0.05, 0) is 30.7 Å². The molecule has 0 aliphatic carbocycles. The largest absolute Gasteiger partial charge is 0.483 e. The molecule has 2 rings (SSSR count). The SMILES string of the molecule is C#Cc1cnc2c(C)cc(OCSCC(=O)O)cc2c1. The summed E-state index contributed by atoms with van der Waals surface area (Å²) in [7, 11) is 0. The molecule has 1 N–H and O–H groups in total. The molecule has 0 unspecified atom stereocenters. The van der Waals surface area contributed by atoms with Gasteiger partial charge >= 0.3 is 5.97 Å². The lowest BCUT2D eigenvalue weighted by Crippen LogP contribution is -2.02. The zero-order valence-electron chi connectivity index (χ0n) is 10.9. The number of fused-ring (bicyclic) bond motifs is 1. The first-order valence-electron chi connectivity index (χ1n) is 5.89. The molecule has 0 aliphatic heterocycles. The summed E-state index contributed by atoms with van der Waals surface area (Å²) >= 11 is 1.21. The van der Waals surface area contributed by atoms with Gasteiger partial charge in [0.2, 0.25) is 0 Å². The number of aliphatic carboxylic acids is 1. The third-order valence-corrected chi connectivity index (χ3v) is 3.38. The maximum absolute atomic E-state index is 10.4. The highest BCUT2D eigenvalue weighted by molar-refractivity contribution is 7.99. The molecule has 0 amide bonds. The summed E-state index contributed by atoms with van der Waals surface area (Å²) in [5, 5.41) is 9.47. The van der Waals surface area contributed by atoms with Crippen LogP contribution in [0.15, 0.2) is 24.4 Å². The van der Waals surface area contributed by atoms with Gasteiger partial charge < -0.3 is 9.84 Å². The number of thioether (sulfide) groups is 1. The molecule has 0 radical (unpaired) electrons. The van der Waals surface area contributed by atoms with E-state index >= 15 is 0 Å². The number of carboxylic acids is 1. The summed E-state index contributed by atoms with van der Waals surface area (Å²) in [6, 6.07) is 5.62. The van der Waals surface area contributed by atoms with Crippen LogP contribution < -0.4 is 4.74 Å². The Bertz CT molecular complexity index is 691. The Morgan fingerprint density at radius 2 is 2.30 bits per heavy atom. The lowest BCUT2D eigenvalue weighted by molar-refractivity contribution is -0.133. The lowest BCUT2D eigenvalue weighted by Gasteiger charge is -2.08. The van der Waals surface area contributed by atoms with Crippen molar-refractivity contribution in [3.63, 3.8) is 0 Å². The first-order valence-corrected chi connectivity index (χ1v) is 7.05. The zero-order valence-corrected chi connectivity index (χ0v) is 11.7. The van der Waals surface area contributed by atoms with Crippen LogP contribution in [-0.2, 0) is 4.79 Å².